The number of nitrogens with one attached hydrogen (secondary N) is 1. The quantitative estimate of drug-likeness (QED) is 0.814. The smallest absolute Gasteiger partial charge is 0.237 e. The van der Waals surface area contributed by atoms with Gasteiger partial charge in [-0.3, -0.25) is 9.69 Å². The first kappa shape index (κ1) is 15.3. The average Bonchev–Trinajstić information content (AvgIpc) is 3.17. The second-order valence-electron chi connectivity index (χ2n) is 6.93. The molecule has 1 aliphatic carbocycles. The second-order valence-corrected chi connectivity index (χ2v) is 6.93. The van der Waals surface area contributed by atoms with Crippen molar-refractivity contribution in [3.63, 3.8) is 0 Å². The van der Waals surface area contributed by atoms with Crippen LogP contribution in [-0.4, -0.2) is 59.9 Å². The molecule has 3 rings (SSSR count). The third-order valence-electron chi connectivity index (χ3n) is 5.31. The Bertz CT molecular complexity index is 363. The molecule has 2 N–H and O–H groups in total. The number of carbonyl (C=O) groups is 1. The number of rotatable bonds is 4. The van der Waals surface area contributed by atoms with Crippen molar-refractivity contribution in [3.8, 4) is 0 Å². The fourth-order valence-corrected chi connectivity index (χ4v) is 4.01. The van der Waals surface area contributed by atoms with Crippen LogP contribution in [0, 0.1) is 0 Å². The molecule has 2 heterocycles. The highest BCUT2D eigenvalue weighted by molar-refractivity contribution is 5.82. The Kier molecular flexibility index (Phi) is 4.82. The van der Waals surface area contributed by atoms with Crippen molar-refractivity contribution < 1.29 is 14.6 Å². The molecule has 0 spiro atoms. The maximum atomic E-state index is 12.6. The van der Waals surface area contributed by atoms with Gasteiger partial charge in [0.25, 0.3) is 0 Å². The van der Waals surface area contributed by atoms with Crippen molar-refractivity contribution in [1.82, 2.24) is 10.2 Å². The van der Waals surface area contributed by atoms with Crippen LogP contribution in [0.5, 0.6) is 0 Å². The highest BCUT2D eigenvalue weighted by atomic mass is 16.5. The van der Waals surface area contributed by atoms with Crippen molar-refractivity contribution in [3.05, 3.63) is 0 Å². The van der Waals surface area contributed by atoms with Crippen LogP contribution < -0.4 is 5.32 Å². The van der Waals surface area contributed by atoms with E-state index >= 15 is 0 Å². The number of amides is 1. The molecule has 2 atom stereocenters. The number of piperidine rings is 1. The fraction of sp³-hybridized carbons (Fsp3) is 0.938. The summed E-state index contributed by atoms with van der Waals surface area (Å²) in [5.41, 5.74) is -0.859. The predicted octanol–water partition coefficient (Wildman–Crippen LogP) is 1.05. The molecule has 3 fully saturated rings. The summed E-state index contributed by atoms with van der Waals surface area (Å²) in [5.74, 6) is 0.0990. The van der Waals surface area contributed by atoms with E-state index in [1.807, 2.05) is 0 Å². The molecule has 2 aliphatic heterocycles. The molecule has 5 heteroatoms. The maximum absolute atomic E-state index is 12.6. The molecular formula is C16H28N2O3. The van der Waals surface area contributed by atoms with Gasteiger partial charge in [0.2, 0.25) is 5.91 Å². The Morgan fingerprint density at radius 1 is 1.24 bits per heavy atom. The van der Waals surface area contributed by atoms with Gasteiger partial charge in [-0.1, -0.05) is 19.3 Å². The van der Waals surface area contributed by atoms with E-state index in [1.165, 1.54) is 32.1 Å². The van der Waals surface area contributed by atoms with Crippen LogP contribution >= 0.6 is 0 Å². The van der Waals surface area contributed by atoms with Gasteiger partial charge in [0.05, 0.1) is 12.6 Å². The Labute approximate surface area is 127 Å². The van der Waals surface area contributed by atoms with Crippen LogP contribution in [-0.2, 0) is 9.53 Å². The molecule has 3 aliphatic rings. The van der Waals surface area contributed by atoms with Gasteiger partial charge in [-0.05, 0) is 32.2 Å². The highest BCUT2D eigenvalue weighted by Gasteiger charge is 2.37. The molecule has 2 saturated heterocycles. The van der Waals surface area contributed by atoms with Crippen LogP contribution in [0.4, 0.5) is 0 Å². The summed E-state index contributed by atoms with van der Waals surface area (Å²) in [6.07, 6.45) is 8.98. The summed E-state index contributed by atoms with van der Waals surface area (Å²) in [5, 5.41) is 13.2. The van der Waals surface area contributed by atoms with Crippen LogP contribution in [0.15, 0.2) is 0 Å². The van der Waals surface area contributed by atoms with Gasteiger partial charge in [0, 0.05) is 25.6 Å². The molecule has 0 aromatic carbocycles. The minimum Gasteiger partial charge on any atom is -0.386 e. The summed E-state index contributed by atoms with van der Waals surface area (Å²) in [6, 6.07) is 0.603. The highest BCUT2D eigenvalue weighted by Crippen LogP contribution is 2.29. The third-order valence-corrected chi connectivity index (χ3v) is 5.31. The molecule has 0 radical (unpaired) electrons. The van der Waals surface area contributed by atoms with Gasteiger partial charge in [0.15, 0.2) is 0 Å². The zero-order valence-corrected chi connectivity index (χ0v) is 12.9. The molecule has 5 nitrogen and oxygen atoms in total. The van der Waals surface area contributed by atoms with Gasteiger partial charge in [-0.2, -0.15) is 0 Å². The zero-order chi connectivity index (χ0) is 14.7. The summed E-state index contributed by atoms with van der Waals surface area (Å²) in [4.78, 5) is 15.0. The molecule has 1 saturated carbocycles. The first-order chi connectivity index (χ1) is 10.2. The Morgan fingerprint density at radius 2 is 2.00 bits per heavy atom. The van der Waals surface area contributed by atoms with Crippen LogP contribution in [0.1, 0.15) is 51.4 Å². The third kappa shape index (κ3) is 3.58. The molecule has 0 bridgehead atoms. The summed E-state index contributed by atoms with van der Waals surface area (Å²) in [7, 11) is 0. The first-order valence-electron chi connectivity index (χ1n) is 8.52. The van der Waals surface area contributed by atoms with Crippen LogP contribution in [0.2, 0.25) is 0 Å². The van der Waals surface area contributed by atoms with Crippen molar-refractivity contribution in [2.24, 2.45) is 0 Å². The molecule has 0 aromatic heterocycles. The first-order valence-corrected chi connectivity index (χ1v) is 8.52. The number of aliphatic hydroxyl groups is 1. The van der Waals surface area contributed by atoms with E-state index < -0.39 is 5.60 Å². The summed E-state index contributed by atoms with van der Waals surface area (Å²) < 4.78 is 5.23. The minimum atomic E-state index is -0.859. The van der Waals surface area contributed by atoms with E-state index in [9.17, 15) is 9.90 Å². The molecule has 0 unspecified atom stereocenters. The van der Waals surface area contributed by atoms with Gasteiger partial charge in [-0.15, -0.1) is 0 Å². The number of nitrogens with zero attached hydrogens (tertiary/aromatic N) is 1. The Hall–Kier alpha value is -0.650. The van der Waals surface area contributed by atoms with Gasteiger partial charge in [0.1, 0.15) is 5.60 Å². The van der Waals surface area contributed by atoms with Gasteiger partial charge < -0.3 is 15.2 Å². The van der Waals surface area contributed by atoms with E-state index in [2.05, 4.69) is 10.2 Å². The van der Waals surface area contributed by atoms with E-state index in [0.29, 0.717) is 32.2 Å². The van der Waals surface area contributed by atoms with E-state index in [0.717, 1.165) is 19.4 Å². The lowest BCUT2D eigenvalue weighted by Crippen LogP contribution is -2.55. The predicted molar refractivity (Wildman–Crippen MR) is 80.0 cm³/mol. The Balaban J connectivity index is 1.56. The molecule has 120 valence electrons. The second kappa shape index (κ2) is 6.63. The van der Waals surface area contributed by atoms with E-state index in [-0.39, 0.29) is 11.9 Å². The van der Waals surface area contributed by atoms with Crippen LogP contribution in [0.25, 0.3) is 0 Å². The lowest BCUT2D eigenvalue weighted by atomic mass is 9.97. The number of hydrogen-bond donors (Lipinski definition) is 2. The lowest BCUT2D eigenvalue weighted by Gasteiger charge is -2.39. The molecule has 1 amide bonds. The molecule has 21 heavy (non-hydrogen) atoms. The largest absolute Gasteiger partial charge is 0.386 e. The van der Waals surface area contributed by atoms with Crippen molar-refractivity contribution >= 4 is 5.91 Å². The SMILES string of the molecule is O=C(NC[C@@]1(O)CCOC1)[C@@H]1CCCCN1C1CCCC1. The molecular weight excluding hydrogens is 268 g/mol. The minimum absolute atomic E-state index is 0.00720. The average molecular weight is 296 g/mol. The summed E-state index contributed by atoms with van der Waals surface area (Å²) >= 11 is 0. The monoisotopic (exact) mass is 296 g/mol. The zero-order valence-electron chi connectivity index (χ0n) is 12.9. The van der Waals surface area contributed by atoms with E-state index in [4.69, 9.17) is 4.74 Å². The van der Waals surface area contributed by atoms with Crippen molar-refractivity contribution in [2.75, 3.05) is 26.3 Å². The molecule has 0 aromatic rings. The maximum Gasteiger partial charge on any atom is 0.237 e. The van der Waals surface area contributed by atoms with Gasteiger partial charge >= 0.3 is 0 Å². The van der Waals surface area contributed by atoms with Gasteiger partial charge in [-0.25, -0.2) is 0 Å². The fourth-order valence-electron chi connectivity index (χ4n) is 4.01. The summed E-state index contributed by atoms with van der Waals surface area (Å²) in [6.45, 7) is 2.30. The van der Waals surface area contributed by atoms with E-state index in [1.54, 1.807) is 0 Å². The standard InChI is InChI=1S/C16H28N2O3/c19-15(17-11-16(20)8-10-21-12-16)14-7-3-4-9-18(14)13-5-1-2-6-13/h13-14,20H,1-12H2,(H,17,19)/t14-,16-/m0/s1. The topological polar surface area (TPSA) is 61.8 Å². The number of carbonyl (C=O) groups excluding carboxylic acids is 1. The lowest BCUT2D eigenvalue weighted by molar-refractivity contribution is -0.130. The van der Waals surface area contributed by atoms with Crippen molar-refractivity contribution in [2.45, 2.75) is 69.1 Å². The number of ether oxygens (including phenoxy) is 1. The van der Waals surface area contributed by atoms with Crippen LogP contribution in [0.3, 0.4) is 0 Å². The van der Waals surface area contributed by atoms with Crippen molar-refractivity contribution in [1.29, 1.82) is 0 Å². The normalized spacial score (nSPS) is 35.2. The number of likely N-dealkylation sites (tertiary alicyclic amines) is 1. The number of hydrogen-bond acceptors (Lipinski definition) is 4. The Morgan fingerprint density at radius 3 is 2.71 bits per heavy atom.